The van der Waals surface area contributed by atoms with Crippen molar-refractivity contribution in [1.29, 1.82) is 0 Å². The third-order valence-electron chi connectivity index (χ3n) is 2.55. The molecule has 2 rings (SSSR count). The summed E-state index contributed by atoms with van der Waals surface area (Å²) in [5.41, 5.74) is 2.78. The molecule has 1 heterocycles. The highest BCUT2D eigenvalue weighted by molar-refractivity contribution is 5.90. The number of aromatic carboxylic acids is 1. The van der Waals surface area contributed by atoms with Crippen molar-refractivity contribution < 1.29 is 9.90 Å². The van der Waals surface area contributed by atoms with E-state index in [9.17, 15) is 4.79 Å². The number of hydrogen-bond acceptors (Lipinski definition) is 2. The van der Waals surface area contributed by atoms with Gasteiger partial charge in [-0.15, -0.1) is 0 Å². The van der Waals surface area contributed by atoms with Crippen molar-refractivity contribution in [3.8, 4) is 0 Å². The number of rotatable bonds is 2. The van der Waals surface area contributed by atoms with Gasteiger partial charge in [0.1, 0.15) is 0 Å². The molecule has 0 spiro atoms. The van der Waals surface area contributed by atoms with Crippen LogP contribution >= 0.6 is 0 Å². The number of para-hydroxylation sites is 1. The van der Waals surface area contributed by atoms with E-state index in [-0.39, 0.29) is 5.82 Å². The summed E-state index contributed by atoms with van der Waals surface area (Å²) in [5, 5.41) is 8.95. The molecule has 2 aromatic rings. The van der Waals surface area contributed by atoms with Crippen molar-refractivity contribution in [2.75, 3.05) is 0 Å². The Morgan fingerprint density at radius 2 is 2.27 bits per heavy atom. The van der Waals surface area contributed by atoms with Crippen LogP contribution in [0.1, 0.15) is 23.1 Å². The fourth-order valence-electron chi connectivity index (χ4n) is 1.83. The number of aryl methyl sites for hydroxylation is 2. The van der Waals surface area contributed by atoms with Gasteiger partial charge in [-0.2, -0.15) is 0 Å². The maximum atomic E-state index is 10.9. The molecule has 0 aliphatic rings. The van der Waals surface area contributed by atoms with Gasteiger partial charge in [-0.3, -0.25) is 0 Å². The Labute approximate surface area is 87.2 Å². The molecule has 0 amide bonds. The van der Waals surface area contributed by atoms with Crippen LogP contribution in [0.4, 0.5) is 0 Å². The summed E-state index contributed by atoms with van der Waals surface area (Å²) in [5.74, 6) is -0.901. The van der Waals surface area contributed by atoms with Crippen LogP contribution in [0, 0.1) is 0 Å². The quantitative estimate of drug-likeness (QED) is 0.812. The number of imidazole rings is 1. The zero-order chi connectivity index (χ0) is 11.0. The Bertz CT molecular complexity index is 529. The van der Waals surface area contributed by atoms with Gasteiger partial charge in [-0.05, 0) is 18.1 Å². The van der Waals surface area contributed by atoms with E-state index < -0.39 is 5.97 Å². The summed E-state index contributed by atoms with van der Waals surface area (Å²) in [7, 11) is 1.73. The lowest BCUT2D eigenvalue weighted by Crippen LogP contribution is -2.06. The van der Waals surface area contributed by atoms with E-state index in [1.807, 2.05) is 25.1 Å². The molecular weight excluding hydrogens is 192 g/mol. The first-order valence-corrected chi connectivity index (χ1v) is 4.82. The SMILES string of the molecule is CCc1cccc2nc(C(=O)O)n(C)c12. The van der Waals surface area contributed by atoms with Crippen molar-refractivity contribution in [2.45, 2.75) is 13.3 Å². The van der Waals surface area contributed by atoms with Gasteiger partial charge in [0, 0.05) is 7.05 Å². The van der Waals surface area contributed by atoms with Crippen LogP contribution in [0.15, 0.2) is 18.2 Å². The predicted octanol–water partition coefficient (Wildman–Crippen LogP) is 1.83. The molecule has 78 valence electrons. The lowest BCUT2D eigenvalue weighted by molar-refractivity contribution is 0.0680. The lowest BCUT2D eigenvalue weighted by atomic mass is 10.1. The molecule has 1 aromatic carbocycles. The molecule has 0 unspecified atom stereocenters. The Morgan fingerprint density at radius 1 is 1.53 bits per heavy atom. The third-order valence-corrected chi connectivity index (χ3v) is 2.55. The summed E-state index contributed by atoms with van der Waals surface area (Å²) in [6.45, 7) is 2.04. The van der Waals surface area contributed by atoms with Crippen molar-refractivity contribution in [3.05, 3.63) is 29.6 Å². The molecule has 0 radical (unpaired) electrons. The first-order valence-electron chi connectivity index (χ1n) is 4.82. The molecule has 1 aromatic heterocycles. The largest absolute Gasteiger partial charge is 0.475 e. The van der Waals surface area contributed by atoms with Gasteiger partial charge < -0.3 is 9.67 Å². The molecule has 4 heteroatoms. The summed E-state index contributed by atoms with van der Waals surface area (Å²) in [6, 6.07) is 5.73. The van der Waals surface area contributed by atoms with Gasteiger partial charge in [0.15, 0.2) is 0 Å². The monoisotopic (exact) mass is 204 g/mol. The van der Waals surface area contributed by atoms with Crippen LogP contribution in [0.2, 0.25) is 0 Å². The molecule has 0 fully saturated rings. The van der Waals surface area contributed by atoms with E-state index in [2.05, 4.69) is 4.98 Å². The van der Waals surface area contributed by atoms with Gasteiger partial charge in [0.2, 0.25) is 5.82 Å². The number of fused-ring (bicyclic) bond motifs is 1. The third kappa shape index (κ3) is 1.38. The molecule has 0 atom stereocenters. The Morgan fingerprint density at radius 3 is 2.87 bits per heavy atom. The number of carboxylic acid groups (broad SMARTS) is 1. The second kappa shape index (κ2) is 3.38. The van der Waals surface area contributed by atoms with E-state index >= 15 is 0 Å². The van der Waals surface area contributed by atoms with E-state index in [1.54, 1.807) is 11.6 Å². The number of aromatic nitrogens is 2. The van der Waals surface area contributed by atoms with E-state index in [4.69, 9.17) is 5.11 Å². The van der Waals surface area contributed by atoms with Gasteiger partial charge in [0.25, 0.3) is 0 Å². The normalized spacial score (nSPS) is 10.8. The van der Waals surface area contributed by atoms with Crippen LogP contribution in [0.25, 0.3) is 11.0 Å². The van der Waals surface area contributed by atoms with Crippen LogP contribution in [0.3, 0.4) is 0 Å². The molecule has 15 heavy (non-hydrogen) atoms. The number of carboxylic acids is 1. The molecular formula is C11H12N2O2. The van der Waals surface area contributed by atoms with E-state index in [1.165, 1.54) is 0 Å². The minimum Gasteiger partial charge on any atom is -0.475 e. The number of hydrogen-bond donors (Lipinski definition) is 1. The summed E-state index contributed by atoms with van der Waals surface area (Å²) in [6.07, 6.45) is 0.871. The second-order valence-electron chi connectivity index (χ2n) is 3.44. The minimum atomic E-state index is -0.990. The highest BCUT2D eigenvalue weighted by atomic mass is 16.4. The van der Waals surface area contributed by atoms with Gasteiger partial charge in [-0.1, -0.05) is 19.1 Å². The Hall–Kier alpha value is -1.84. The van der Waals surface area contributed by atoms with Gasteiger partial charge >= 0.3 is 5.97 Å². The van der Waals surface area contributed by atoms with Crippen molar-refractivity contribution in [2.24, 2.45) is 7.05 Å². The average Bonchev–Trinajstić information content (AvgIpc) is 2.56. The van der Waals surface area contributed by atoms with Crippen LogP contribution in [0.5, 0.6) is 0 Å². The lowest BCUT2D eigenvalue weighted by Gasteiger charge is -2.02. The first-order chi connectivity index (χ1) is 7.15. The maximum absolute atomic E-state index is 10.9. The fraction of sp³-hybridized carbons (Fsp3) is 0.273. The van der Waals surface area contributed by atoms with E-state index in [0.717, 1.165) is 23.0 Å². The predicted molar refractivity (Wildman–Crippen MR) is 57.1 cm³/mol. The van der Waals surface area contributed by atoms with E-state index in [0.29, 0.717) is 0 Å². The highest BCUT2D eigenvalue weighted by Crippen LogP contribution is 2.19. The number of nitrogens with zero attached hydrogens (tertiary/aromatic N) is 2. The average molecular weight is 204 g/mol. The van der Waals surface area contributed by atoms with Crippen molar-refractivity contribution in [3.63, 3.8) is 0 Å². The standard InChI is InChI=1S/C11H12N2O2/c1-3-7-5-4-6-8-9(7)13(2)10(12-8)11(14)15/h4-6H,3H2,1-2H3,(H,14,15). The summed E-state index contributed by atoms with van der Waals surface area (Å²) < 4.78 is 1.64. The first kappa shape index (κ1) is 9.71. The zero-order valence-corrected chi connectivity index (χ0v) is 8.69. The Kier molecular flexibility index (Phi) is 2.19. The zero-order valence-electron chi connectivity index (χ0n) is 8.69. The number of carbonyl (C=O) groups is 1. The second-order valence-corrected chi connectivity index (χ2v) is 3.44. The Balaban J connectivity index is 2.82. The summed E-state index contributed by atoms with van der Waals surface area (Å²) in [4.78, 5) is 15.0. The van der Waals surface area contributed by atoms with Gasteiger partial charge in [0.05, 0.1) is 11.0 Å². The molecule has 0 saturated carbocycles. The maximum Gasteiger partial charge on any atom is 0.372 e. The van der Waals surface area contributed by atoms with Crippen LogP contribution in [-0.4, -0.2) is 20.6 Å². The van der Waals surface area contributed by atoms with Gasteiger partial charge in [-0.25, -0.2) is 9.78 Å². The highest BCUT2D eigenvalue weighted by Gasteiger charge is 2.15. The molecule has 0 saturated heterocycles. The van der Waals surface area contributed by atoms with Crippen molar-refractivity contribution >= 4 is 17.0 Å². The molecule has 0 aliphatic carbocycles. The van der Waals surface area contributed by atoms with Crippen LogP contribution < -0.4 is 0 Å². The van der Waals surface area contributed by atoms with Crippen LogP contribution in [-0.2, 0) is 13.5 Å². The molecule has 0 bridgehead atoms. The smallest absolute Gasteiger partial charge is 0.372 e. The molecule has 0 aliphatic heterocycles. The number of benzene rings is 1. The minimum absolute atomic E-state index is 0.0888. The topological polar surface area (TPSA) is 55.1 Å². The fourth-order valence-corrected chi connectivity index (χ4v) is 1.83. The molecule has 4 nitrogen and oxygen atoms in total. The molecule has 1 N–H and O–H groups in total. The summed E-state index contributed by atoms with van der Waals surface area (Å²) >= 11 is 0. The van der Waals surface area contributed by atoms with Crippen molar-refractivity contribution in [1.82, 2.24) is 9.55 Å².